The molecule has 6 aromatic heterocycles. The third-order valence-electron chi connectivity index (χ3n) is 10.5. The van der Waals surface area contributed by atoms with Gasteiger partial charge in [0.1, 0.15) is 29.0 Å². The number of rotatable bonds is 12. The summed E-state index contributed by atoms with van der Waals surface area (Å²) in [7, 11) is 1.31. The van der Waals surface area contributed by atoms with Crippen LogP contribution in [0.4, 0.5) is 20.4 Å². The molecule has 2 aliphatic carbocycles. The highest BCUT2D eigenvalue weighted by Crippen LogP contribution is 2.44. The Morgan fingerprint density at radius 3 is 1.46 bits per heavy atom. The molecule has 14 nitrogen and oxygen atoms in total. The quantitative estimate of drug-likeness (QED) is 0.121. The van der Waals surface area contributed by atoms with Crippen molar-refractivity contribution < 1.29 is 23.1 Å². The summed E-state index contributed by atoms with van der Waals surface area (Å²) in [6, 6.07) is 20.0. The smallest absolute Gasteiger partial charge is 0.357 e. The van der Waals surface area contributed by atoms with Crippen LogP contribution >= 0.6 is 0 Å². The number of primary amides is 1. The summed E-state index contributed by atoms with van der Waals surface area (Å²) in [4.78, 5) is 40.1. The van der Waals surface area contributed by atoms with Crippen LogP contribution in [-0.4, -0.2) is 72.4 Å². The van der Waals surface area contributed by atoms with Gasteiger partial charge in [-0.05, 0) is 98.5 Å². The number of methoxy groups -OCH3 is 1. The molecule has 0 radical (unpaired) electrons. The predicted octanol–water partition coefficient (Wildman–Crippen LogP) is 6.10. The monoisotopic (exact) mass is 771 g/mol. The van der Waals surface area contributed by atoms with Crippen LogP contribution in [0.2, 0.25) is 0 Å². The standard InChI is InChI=1S/C21H20FN5O2.C20H19FN6O/c1-29-20(28)18-14(5-2-11-23-18)16-7-8-17(27-26-16)25-13-21(9-4-10-21)19-15(22)6-3-12-24-19;21-14-5-2-11-24-18(14)20(8-3-9-20)12-25-16-7-6-15(26-27-16)13-4-1-10-23-17(13)19(22)28/h2-3,5-8,11-12H,4,9-10,13H2,1H3,(H,25,27);1-2,4-7,10-11H,3,8-9,12H2,(H2,22,28)(H,25,27). The molecule has 16 heteroatoms. The maximum atomic E-state index is 14.2. The van der Waals surface area contributed by atoms with Crippen LogP contribution in [-0.2, 0) is 15.6 Å². The van der Waals surface area contributed by atoms with Gasteiger partial charge in [0.25, 0.3) is 5.91 Å². The number of aromatic nitrogens is 8. The second kappa shape index (κ2) is 16.9. The van der Waals surface area contributed by atoms with E-state index in [0.29, 0.717) is 58.6 Å². The van der Waals surface area contributed by atoms with Crippen molar-refractivity contribution in [2.24, 2.45) is 5.73 Å². The first-order valence-electron chi connectivity index (χ1n) is 18.4. The number of hydrogen-bond acceptors (Lipinski definition) is 13. The van der Waals surface area contributed by atoms with Crippen LogP contribution in [0.15, 0.2) is 97.6 Å². The summed E-state index contributed by atoms with van der Waals surface area (Å²) in [5.41, 5.74) is 8.14. The van der Waals surface area contributed by atoms with Gasteiger partial charge in [-0.15, -0.1) is 20.4 Å². The number of carbonyl (C=O) groups excluding carboxylic acids is 2. The number of anilines is 2. The molecule has 1 amide bonds. The van der Waals surface area contributed by atoms with Gasteiger partial charge in [0.05, 0.1) is 29.9 Å². The van der Waals surface area contributed by atoms with Gasteiger partial charge in [-0.1, -0.05) is 12.8 Å². The molecule has 290 valence electrons. The number of halogens is 2. The van der Waals surface area contributed by atoms with Crippen molar-refractivity contribution in [3.63, 3.8) is 0 Å². The molecule has 0 aromatic carbocycles. The van der Waals surface area contributed by atoms with Gasteiger partial charge in [0, 0.05) is 59.8 Å². The lowest BCUT2D eigenvalue weighted by Gasteiger charge is -2.41. The molecule has 6 heterocycles. The average molecular weight is 772 g/mol. The molecule has 2 aliphatic rings. The Kier molecular flexibility index (Phi) is 11.4. The molecule has 0 aliphatic heterocycles. The fourth-order valence-electron chi connectivity index (χ4n) is 7.09. The average Bonchev–Trinajstić information content (AvgIpc) is 3.21. The van der Waals surface area contributed by atoms with E-state index in [-0.39, 0.29) is 33.9 Å². The van der Waals surface area contributed by atoms with Gasteiger partial charge < -0.3 is 21.1 Å². The van der Waals surface area contributed by atoms with Gasteiger partial charge in [-0.25, -0.2) is 18.6 Å². The zero-order valence-corrected chi connectivity index (χ0v) is 31.0. The molecule has 0 bridgehead atoms. The zero-order valence-electron chi connectivity index (χ0n) is 31.0. The number of ether oxygens (including phenoxy) is 1. The number of amides is 1. The summed E-state index contributed by atoms with van der Waals surface area (Å²) >= 11 is 0. The molecule has 57 heavy (non-hydrogen) atoms. The number of nitrogens with zero attached hydrogens (tertiary/aromatic N) is 8. The van der Waals surface area contributed by atoms with E-state index in [2.05, 4.69) is 51.0 Å². The Hall–Kier alpha value is -6.84. The van der Waals surface area contributed by atoms with Crippen LogP contribution in [0.5, 0.6) is 0 Å². The maximum Gasteiger partial charge on any atom is 0.357 e. The van der Waals surface area contributed by atoms with E-state index in [1.54, 1.807) is 73.1 Å². The SMILES string of the molecule is COC(=O)c1ncccc1-c1ccc(NCC2(c3ncccc3F)CCC2)nn1.NC(=O)c1ncccc1-c1ccc(NCC2(c3ncccc3F)CCC2)nn1. The van der Waals surface area contributed by atoms with Crippen molar-refractivity contribution in [3.05, 3.63) is 132 Å². The third kappa shape index (κ3) is 8.24. The molecule has 8 rings (SSSR count). The second-order valence-corrected chi connectivity index (χ2v) is 13.9. The minimum atomic E-state index is -0.621. The minimum Gasteiger partial charge on any atom is -0.464 e. The number of nitrogens with two attached hydrogens (primary N) is 1. The molecule has 6 aromatic rings. The normalized spacial score (nSPS) is 14.8. The summed E-state index contributed by atoms with van der Waals surface area (Å²) in [5.74, 6) is -0.572. The Balaban J connectivity index is 0.000000174. The summed E-state index contributed by atoms with van der Waals surface area (Å²) in [6.45, 7) is 1.05. The molecule has 0 spiro atoms. The van der Waals surface area contributed by atoms with E-state index in [1.165, 1.54) is 31.6 Å². The highest BCUT2D eigenvalue weighted by atomic mass is 19.1. The van der Waals surface area contributed by atoms with E-state index < -0.39 is 11.9 Å². The van der Waals surface area contributed by atoms with Crippen LogP contribution in [0, 0.1) is 11.6 Å². The van der Waals surface area contributed by atoms with E-state index >= 15 is 0 Å². The van der Waals surface area contributed by atoms with Gasteiger partial charge in [-0.2, -0.15) is 0 Å². The lowest BCUT2D eigenvalue weighted by atomic mass is 9.66. The van der Waals surface area contributed by atoms with Gasteiger partial charge in [0.2, 0.25) is 0 Å². The van der Waals surface area contributed by atoms with Crippen molar-refractivity contribution in [1.82, 2.24) is 40.3 Å². The van der Waals surface area contributed by atoms with Crippen molar-refractivity contribution in [2.75, 3.05) is 30.8 Å². The van der Waals surface area contributed by atoms with Crippen molar-refractivity contribution in [1.29, 1.82) is 0 Å². The molecular formula is C41H39F2N11O3. The first-order valence-corrected chi connectivity index (χ1v) is 18.4. The Morgan fingerprint density at radius 1 is 0.632 bits per heavy atom. The minimum absolute atomic E-state index is 0.150. The molecule has 4 N–H and O–H groups in total. The lowest BCUT2D eigenvalue weighted by Crippen LogP contribution is -2.42. The number of nitrogens with one attached hydrogen (secondary N) is 2. The Bertz CT molecular complexity index is 2360. The highest BCUT2D eigenvalue weighted by molar-refractivity contribution is 5.97. The first-order chi connectivity index (χ1) is 27.7. The van der Waals surface area contributed by atoms with E-state index in [9.17, 15) is 18.4 Å². The number of hydrogen-bond donors (Lipinski definition) is 3. The fourth-order valence-corrected chi connectivity index (χ4v) is 7.09. The maximum absolute atomic E-state index is 14.2. The summed E-state index contributed by atoms with van der Waals surface area (Å²) in [5, 5.41) is 23.3. The predicted molar refractivity (Wildman–Crippen MR) is 207 cm³/mol. The van der Waals surface area contributed by atoms with Gasteiger partial charge in [-0.3, -0.25) is 19.7 Å². The number of carbonyl (C=O) groups is 2. The highest BCUT2D eigenvalue weighted by Gasteiger charge is 2.43. The molecule has 2 saturated carbocycles. The Labute approximate surface area is 326 Å². The van der Waals surface area contributed by atoms with Crippen LogP contribution in [0.25, 0.3) is 22.5 Å². The second-order valence-electron chi connectivity index (χ2n) is 13.9. The Morgan fingerprint density at radius 2 is 1.07 bits per heavy atom. The lowest BCUT2D eigenvalue weighted by molar-refractivity contribution is 0.0594. The van der Waals surface area contributed by atoms with Crippen LogP contribution in [0.1, 0.15) is 70.9 Å². The molecule has 0 atom stereocenters. The fraction of sp³-hybridized carbons (Fsp3) is 0.268. The van der Waals surface area contributed by atoms with Crippen molar-refractivity contribution in [2.45, 2.75) is 49.4 Å². The molecule has 0 unspecified atom stereocenters. The van der Waals surface area contributed by atoms with Crippen LogP contribution in [0.3, 0.4) is 0 Å². The summed E-state index contributed by atoms with van der Waals surface area (Å²) in [6.07, 6.45) is 11.8. The largest absolute Gasteiger partial charge is 0.464 e. The van der Waals surface area contributed by atoms with Gasteiger partial charge >= 0.3 is 5.97 Å². The topological polar surface area (TPSA) is 197 Å². The third-order valence-corrected chi connectivity index (χ3v) is 10.5. The van der Waals surface area contributed by atoms with E-state index in [0.717, 1.165) is 38.5 Å². The molecule has 0 saturated heterocycles. The zero-order chi connectivity index (χ0) is 39.8. The first kappa shape index (κ1) is 38.4. The van der Waals surface area contributed by atoms with E-state index in [4.69, 9.17) is 10.5 Å². The number of pyridine rings is 4. The molecular weight excluding hydrogens is 733 g/mol. The van der Waals surface area contributed by atoms with Crippen molar-refractivity contribution >= 4 is 23.5 Å². The summed E-state index contributed by atoms with van der Waals surface area (Å²) < 4.78 is 33.2. The van der Waals surface area contributed by atoms with E-state index in [1.807, 2.05) is 0 Å². The van der Waals surface area contributed by atoms with Gasteiger partial charge in [0.15, 0.2) is 5.69 Å². The van der Waals surface area contributed by atoms with Crippen LogP contribution < -0.4 is 16.4 Å². The number of esters is 1. The molecule has 2 fully saturated rings. The van der Waals surface area contributed by atoms with Crippen molar-refractivity contribution in [3.8, 4) is 22.5 Å².